The fraction of sp³-hybridized carbons (Fsp3) is 0.698. The number of ether oxygens (including phenoxy) is 1. The topological polar surface area (TPSA) is 133 Å². The molecular weight excluding hydrogens is 745 g/mol. The van der Waals surface area contributed by atoms with Gasteiger partial charge in [0, 0.05) is 19.4 Å². The van der Waals surface area contributed by atoms with E-state index in [1.165, 1.54) is 6.92 Å². The van der Waals surface area contributed by atoms with Gasteiger partial charge in [-0.25, -0.2) is 21.9 Å². The van der Waals surface area contributed by atoms with Crippen LogP contribution in [0.1, 0.15) is 141 Å². The third-order valence-corrected chi connectivity index (χ3v) is 9.55. The highest BCUT2D eigenvalue weighted by molar-refractivity contribution is 7.89. The van der Waals surface area contributed by atoms with Gasteiger partial charge in [0.05, 0.1) is 23.1 Å². The van der Waals surface area contributed by atoms with Crippen LogP contribution in [0.25, 0.3) is 0 Å². The van der Waals surface area contributed by atoms with Gasteiger partial charge in [-0.15, -0.1) is 0 Å². The monoisotopic (exact) mass is 824 g/mol. The van der Waals surface area contributed by atoms with Gasteiger partial charge in [0.1, 0.15) is 6.10 Å². The van der Waals surface area contributed by atoms with Crippen molar-refractivity contribution in [3.63, 3.8) is 0 Å². The number of esters is 1. The molecule has 0 aliphatic carbocycles. The number of unbranched alkanes of at least 4 members (excludes halogenated alkanes) is 2. The number of hydrogen-bond acceptors (Lipinski definition) is 8. The van der Waals surface area contributed by atoms with Crippen LogP contribution in [0.4, 0.5) is 8.78 Å². The van der Waals surface area contributed by atoms with Crippen LogP contribution in [0.15, 0.2) is 59.6 Å². The molecule has 0 saturated carbocycles. The van der Waals surface area contributed by atoms with E-state index in [9.17, 15) is 32.2 Å². The fourth-order valence-corrected chi connectivity index (χ4v) is 6.41. The zero-order valence-corrected chi connectivity index (χ0v) is 38.0. The lowest BCUT2D eigenvalue weighted by atomic mass is 9.93. The molecule has 12 heteroatoms. The number of carbonyl (C=O) groups is 1. The largest absolute Gasteiger partial charge is 0.457 e. The van der Waals surface area contributed by atoms with E-state index in [0.29, 0.717) is 23.7 Å². The Kier molecular flexibility index (Phi) is 39.3. The van der Waals surface area contributed by atoms with Gasteiger partial charge in [-0.05, 0) is 101 Å². The van der Waals surface area contributed by atoms with Crippen molar-refractivity contribution in [2.75, 3.05) is 7.11 Å². The second-order valence-electron chi connectivity index (χ2n) is 13.9. The first-order chi connectivity index (χ1) is 25.7. The van der Waals surface area contributed by atoms with Gasteiger partial charge in [0.2, 0.25) is 10.0 Å². The number of aliphatic hydroxyl groups is 3. The number of hydrogen-bond donors (Lipinski definition) is 5. The number of cyclic esters (lactones) is 1. The highest BCUT2D eigenvalue weighted by atomic mass is 32.2. The average molecular weight is 824 g/mol. The molecule has 0 aromatic heterocycles. The van der Waals surface area contributed by atoms with E-state index in [1.807, 2.05) is 74.5 Å². The predicted molar refractivity (Wildman–Crippen MR) is 231 cm³/mol. The minimum atomic E-state index is -4.04. The summed E-state index contributed by atoms with van der Waals surface area (Å²) in [6, 6.07) is 1.72. The molecule has 0 fully saturated rings. The number of benzene rings is 1. The second kappa shape index (κ2) is 36.3. The van der Waals surface area contributed by atoms with Gasteiger partial charge in [-0.3, -0.25) is 4.79 Å². The molecule has 1 aromatic rings. The average Bonchev–Trinajstić information content (AvgIpc) is 3.14. The Hall–Kier alpha value is -2.09. The zero-order chi connectivity index (χ0) is 43.7. The summed E-state index contributed by atoms with van der Waals surface area (Å²) in [6.45, 7) is 27.5. The van der Waals surface area contributed by atoms with Gasteiger partial charge in [0.25, 0.3) is 0 Å². The molecule has 0 radical (unpaired) electrons. The Morgan fingerprint density at radius 1 is 1.04 bits per heavy atom. The quantitative estimate of drug-likeness (QED) is 0.0687. The Labute approximate surface area is 340 Å². The van der Waals surface area contributed by atoms with Crippen molar-refractivity contribution in [3.05, 3.63) is 66.3 Å². The summed E-state index contributed by atoms with van der Waals surface area (Å²) in [5.41, 5.74) is 0.860. The van der Waals surface area contributed by atoms with Gasteiger partial charge in [0.15, 0.2) is 11.6 Å². The van der Waals surface area contributed by atoms with Gasteiger partial charge in [-0.1, -0.05) is 106 Å². The van der Waals surface area contributed by atoms with Crippen LogP contribution in [0.2, 0.25) is 0 Å². The van der Waals surface area contributed by atoms with E-state index in [-0.39, 0.29) is 35.2 Å². The number of allylic oxidation sites excluding steroid dienone is 3. The molecule has 1 aromatic carbocycles. The van der Waals surface area contributed by atoms with Gasteiger partial charge >= 0.3 is 5.97 Å². The minimum Gasteiger partial charge on any atom is -0.457 e. The summed E-state index contributed by atoms with van der Waals surface area (Å²) < 4.78 is 58.8. The van der Waals surface area contributed by atoms with Gasteiger partial charge in [-0.2, -0.15) is 12.6 Å². The van der Waals surface area contributed by atoms with E-state index in [2.05, 4.69) is 49.9 Å². The molecule has 0 saturated heterocycles. The van der Waals surface area contributed by atoms with Gasteiger partial charge < -0.3 is 20.1 Å². The van der Waals surface area contributed by atoms with Crippen LogP contribution in [0.3, 0.4) is 0 Å². The smallest absolute Gasteiger partial charge is 0.306 e. The van der Waals surface area contributed by atoms with Crippen molar-refractivity contribution in [2.24, 2.45) is 17.8 Å². The number of carbonyl (C=O) groups excluding carboxylic acids is 1. The molecule has 324 valence electrons. The summed E-state index contributed by atoms with van der Waals surface area (Å²) in [7, 11) is -3.04. The normalized spacial score (nSPS) is 21.1. The predicted octanol–water partition coefficient (Wildman–Crippen LogP) is 10.4. The molecule has 8 nitrogen and oxygen atoms in total. The molecule has 0 bridgehead atoms. The first kappa shape index (κ1) is 59.6. The summed E-state index contributed by atoms with van der Waals surface area (Å²) >= 11 is 3.97. The van der Waals surface area contributed by atoms with E-state index >= 15 is 0 Å². The van der Waals surface area contributed by atoms with Crippen molar-refractivity contribution in [3.8, 4) is 0 Å². The lowest BCUT2D eigenvalue weighted by Crippen LogP contribution is -2.46. The number of rotatable bonds is 10. The second-order valence-corrected chi connectivity index (χ2v) is 16.6. The van der Waals surface area contributed by atoms with Crippen LogP contribution in [0, 0.1) is 29.4 Å². The van der Waals surface area contributed by atoms with Crippen molar-refractivity contribution < 1.29 is 42.0 Å². The summed E-state index contributed by atoms with van der Waals surface area (Å²) in [5, 5.41) is 27.3. The number of halogens is 2. The lowest BCUT2D eigenvalue weighted by Gasteiger charge is -2.27. The minimum absolute atomic E-state index is 0.0818. The van der Waals surface area contributed by atoms with E-state index < -0.39 is 39.9 Å². The van der Waals surface area contributed by atoms with Crippen LogP contribution in [-0.4, -0.2) is 66.4 Å². The van der Waals surface area contributed by atoms with Crippen LogP contribution < -0.4 is 4.72 Å². The Bertz CT molecular complexity index is 1270. The van der Waals surface area contributed by atoms with Crippen molar-refractivity contribution in [1.82, 2.24) is 4.72 Å². The number of aliphatic hydroxyl groups excluding tert-OH is 3. The molecule has 7 unspecified atom stereocenters. The molecule has 1 aliphatic rings. The highest BCUT2D eigenvalue weighted by Crippen LogP contribution is 2.22. The van der Waals surface area contributed by atoms with Crippen LogP contribution in [-0.2, 0) is 19.6 Å². The summed E-state index contributed by atoms with van der Waals surface area (Å²) in [4.78, 5) is 11.5. The maximum atomic E-state index is 13.3. The van der Waals surface area contributed by atoms with Crippen molar-refractivity contribution >= 4 is 28.6 Å². The highest BCUT2D eigenvalue weighted by Gasteiger charge is 2.28. The summed E-state index contributed by atoms with van der Waals surface area (Å²) in [5.74, 6) is -1.98. The number of nitrogens with one attached hydrogen (secondary N) is 1. The van der Waals surface area contributed by atoms with E-state index in [1.54, 1.807) is 0 Å². The zero-order valence-electron chi connectivity index (χ0n) is 36.3. The molecule has 1 aliphatic heterocycles. The molecule has 1 heterocycles. The van der Waals surface area contributed by atoms with Crippen LogP contribution >= 0.6 is 12.6 Å². The lowest BCUT2D eigenvalue weighted by molar-refractivity contribution is -0.149. The Morgan fingerprint density at radius 3 is 2.04 bits per heavy atom. The maximum Gasteiger partial charge on any atom is 0.306 e. The Balaban J connectivity index is -0.000000369. The van der Waals surface area contributed by atoms with Crippen LogP contribution in [0.5, 0.6) is 0 Å². The first-order valence-electron chi connectivity index (χ1n) is 19.8. The number of thiol groups is 1. The fourth-order valence-electron chi connectivity index (χ4n) is 4.98. The Morgan fingerprint density at radius 2 is 1.58 bits per heavy atom. The van der Waals surface area contributed by atoms with E-state index in [0.717, 1.165) is 69.8 Å². The standard InChI is InChI=1S/C17H28O3.C16H25F2NO3S.C4H8.C3H8S.C2H6.CH4O/c1-12(2)17-14(4)7-5-6-13(3)8-9-15(18)10-11-16(19)20-17;1-4-5-6-7-11(2)16(12(3)20)19-23(21,22)13-8-9-14(17)15(18)10-13;1-3-4-2;1-3(2)4;2*1-2/h5,7,13-15,17-18H,1,6,8-11H2,2-4H3;8-12,16,19-20H,4-7H2,1-3H3;2*3-4H,1-2H3;1-2H3;2H,1H3/b7-5+;;4-3+;;;. The molecule has 0 spiro atoms. The molecular formula is C43H79F2NO7S2. The number of sulfonamides is 1. The first-order valence-corrected chi connectivity index (χ1v) is 21.8. The molecule has 7 atom stereocenters. The van der Waals surface area contributed by atoms with E-state index in [4.69, 9.17) is 9.84 Å². The SMILES string of the molecule is C/C=C/C.C=C(C)C1OC(=O)CCC(O)CCC(C)C/C=C/C1C.CC.CC(C)S.CCCCCC(C)C(NS(=O)(=O)c1ccc(F)c(F)c1)C(C)O.CO. The molecule has 0 amide bonds. The van der Waals surface area contributed by atoms with Crippen molar-refractivity contribution in [2.45, 2.75) is 175 Å². The van der Waals surface area contributed by atoms with Crippen molar-refractivity contribution in [1.29, 1.82) is 0 Å². The summed E-state index contributed by atoms with van der Waals surface area (Å²) in [6.07, 6.45) is 14.0. The third kappa shape index (κ3) is 31.7. The third-order valence-electron chi connectivity index (χ3n) is 8.10. The maximum absolute atomic E-state index is 13.3. The molecule has 55 heavy (non-hydrogen) atoms. The molecule has 4 N–H and O–H groups in total. The molecule has 2 rings (SSSR count).